The first-order valence-electron chi connectivity index (χ1n) is 8.85. The van der Waals surface area contributed by atoms with Gasteiger partial charge < -0.3 is 10.0 Å². The van der Waals surface area contributed by atoms with Crippen LogP contribution < -0.4 is 0 Å². The summed E-state index contributed by atoms with van der Waals surface area (Å²) in [7, 11) is 0. The summed E-state index contributed by atoms with van der Waals surface area (Å²) in [5, 5.41) is 13.4. The number of rotatable bonds is 7. The minimum atomic E-state index is -0.146. The van der Waals surface area contributed by atoms with Crippen LogP contribution in [0, 0.1) is 5.82 Å². The maximum atomic E-state index is 13.2. The summed E-state index contributed by atoms with van der Waals surface area (Å²) in [6.07, 6.45) is 6.10. The van der Waals surface area contributed by atoms with Crippen molar-refractivity contribution in [3.05, 3.63) is 53.6 Å². The van der Waals surface area contributed by atoms with Gasteiger partial charge in [-0.25, -0.2) is 4.39 Å². The van der Waals surface area contributed by atoms with Crippen LogP contribution in [0.1, 0.15) is 36.4 Å². The van der Waals surface area contributed by atoms with Crippen molar-refractivity contribution in [2.24, 2.45) is 0 Å². The van der Waals surface area contributed by atoms with E-state index in [0.717, 1.165) is 50.9 Å². The molecule has 0 atom stereocenters. The molecule has 2 heterocycles. The van der Waals surface area contributed by atoms with Crippen LogP contribution in [-0.2, 0) is 13.0 Å². The molecular formula is C19H26FN3O. The van der Waals surface area contributed by atoms with Crippen LogP contribution >= 0.6 is 0 Å². The Hall–Kier alpha value is -1.72. The Morgan fingerprint density at radius 1 is 1.17 bits per heavy atom. The Bertz CT molecular complexity index is 635. The molecule has 1 saturated heterocycles. The summed E-state index contributed by atoms with van der Waals surface area (Å²) in [4.78, 5) is 2.50. The number of aliphatic hydroxyl groups excluding tert-OH is 1. The fourth-order valence-corrected chi connectivity index (χ4v) is 3.62. The standard InChI is InChI=1S/C19H26FN3O/c20-18-5-1-3-16(15-18)4-2-10-22-11-7-17(8-12-22)19-6-9-21-23(19)13-14-24/h1,3,5-6,9,15,17,24H,2,4,7-8,10-14H2. The molecule has 2 aromatic rings. The highest BCUT2D eigenvalue weighted by Crippen LogP contribution is 2.27. The summed E-state index contributed by atoms with van der Waals surface area (Å²) in [6, 6.07) is 8.99. The van der Waals surface area contributed by atoms with Gasteiger partial charge in [-0.1, -0.05) is 12.1 Å². The normalized spacial score (nSPS) is 16.6. The van der Waals surface area contributed by atoms with E-state index in [1.54, 1.807) is 12.1 Å². The van der Waals surface area contributed by atoms with Crippen LogP contribution in [-0.4, -0.2) is 46.0 Å². The number of likely N-dealkylation sites (tertiary alicyclic amines) is 1. The zero-order valence-corrected chi connectivity index (χ0v) is 14.1. The van der Waals surface area contributed by atoms with Crippen molar-refractivity contribution in [3.8, 4) is 0 Å². The smallest absolute Gasteiger partial charge is 0.123 e. The monoisotopic (exact) mass is 331 g/mol. The topological polar surface area (TPSA) is 41.3 Å². The van der Waals surface area contributed by atoms with Crippen LogP contribution in [0.5, 0.6) is 0 Å². The number of aliphatic hydroxyl groups is 1. The number of hydrogen-bond acceptors (Lipinski definition) is 3. The summed E-state index contributed by atoms with van der Waals surface area (Å²) in [5.41, 5.74) is 2.33. The van der Waals surface area contributed by atoms with Gasteiger partial charge >= 0.3 is 0 Å². The molecule has 1 aliphatic heterocycles. The lowest BCUT2D eigenvalue weighted by Gasteiger charge is -2.32. The molecule has 1 fully saturated rings. The highest BCUT2D eigenvalue weighted by molar-refractivity contribution is 5.16. The highest BCUT2D eigenvalue weighted by Gasteiger charge is 2.22. The molecule has 0 saturated carbocycles. The molecule has 0 unspecified atom stereocenters. The Morgan fingerprint density at radius 2 is 2.00 bits per heavy atom. The summed E-state index contributed by atoms with van der Waals surface area (Å²) < 4.78 is 15.1. The van der Waals surface area contributed by atoms with Gasteiger partial charge in [0.25, 0.3) is 0 Å². The fraction of sp³-hybridized carbons (Fsp3) is 0.526. The van der Waals surface area contributed by atoms with Crippen LogP contribution in [0.2, 0.25) is 0 Å². The van der Waals surface area contributed by atoms with E-state index in [9.17, 15) is 4.39 Å². The lowest BCUT2D eigenvalue weighted by atomic mass is 9.93. The first-order chi connectivity index (χ1) is 11.8. The van der Waals surface area contributed by atoms with Gasteiger partial charge in [0, 0.05) is 17.8 Å². The molecule has 0 spiro atoms. The van der Waals surface area contributed by atoms with Crippen molar-refractivity contribution < 1.29 is 9.50 Å². The lowest BCUT2D eigenvalue weighted by Crippen LogP contribution is -2.34. The van der Waals surface area contributed by atoms with E-state index in [1.807, 2.05) is 16.9 Å². The second-order valence-electron chi connectivity index (χ2n) is 6.55. The van der Waals surface area contributed by atoms with Gasteiger partial charge in [0.05, 0.1) is 13.2 Å². The Balaban J connectivity index is 1.43. The average Bonchev–Trinajstić information content (AvgIpc) is 3.04. The van der Waals surface area contributed by atoms with Gasteiger partial charge in [0.1, 0.15) is 5.82 Å². The first-order valence-corrected chi connectivity index (χ1v) is 8.85. The lowest BCUT2D eigenvalue weighted by molar-refractivity contribution is 0.204. The molecular weight excluding hydrogens is 305 g/mol. The van der Waals surface area contributed by atoms with E-state index >= 15 is 0 Å². The molecule has 5 heteroatoms. The van der Waals surface area contributed by atoms with Gasteiger partial charge in [-0.05, 0) is 69.1 Å². The van der Waals surface area contributed by atoms with Crippen molar-refractivity contribution in [2.75, 3.05) is 26.2 Å². The molecule has 0 aliphatic carbocycles. The molecule has 0 amide bonds. The van der Waals surface area contributed by atoms with E-state index < -0.39 is 0 Å². The molecule has 0 radical (unpaired) electrons. The van der Waals surface area contributed by atoms with Gasteiger partial charge in [-0.3, -0.25) is 4.68 Å². The second-order valence-corrected chi connectivity index (χ2v) is 6.55. The zero-order chi connectivity index (χ0) is 16.8. The number of nitrogens with zero attached hydrogens (tertiary/aromatic N) is 3. The molecule has 1 aromatic carbocycles. The first kappa shape index (κ1) is 17.1. The molecule has 0 bridgehead atoms. The third-order valence-corrected chi connectivity index (χ3v) is 4.90. The van der Waals surface area contributed by atoms with Crippen LogP contribution in [0.4, 0.5) is 4.39 Å². The number of aryl methyl sites for hydroxylation is 1. The molecule has 24 heavy (non-hydrogen) atoms. The molecule has 1 aromatic heterocycles. The highest BCUT2D eigenvalue weighted by atomic mass is 19.1. The Morgan fingerprint density at radius 3 is 2.75 bits per heavy atom. The van der Waals surface area contributed by atoms with Gasteiger partial charge in [0.15, 0.2) is 0 Å². The minimum absolute atomic E-state index is 0.133. The number of halogens is 1. The summed E-state index contributed by atoms with van der Waals surface area (Å²) >= 11 is 0. The maximum Gasteiger partial charge on any atom is 0.123 e. The van der Waals surface area contributed by atoms with E-state index in [2.05, 4.69) is 16.1 Å². The predicted octanol–water partition coefficient (Wildman–Crippen LogP) is 2.83. The quantitative estimate of drug-likeness (QED) is 0.848. The van der Waals surface area contributed by atoms with Gasteiger partial charge in [-0.2, -0.15) is 5.10 Å². The SMILES string of the molecule is OCCn1nccc1C1CCN(CCCc2cccc(F)c2)CC1. The molecule has 1 aliphatic rings. The van der Waals surface area contributed by atoms with Crippen molar-refractivity contribution in [3.63, 3.8) is 0 Å². The summed E-state index contributed by atoms with van der Waals surface area (Å²) in [6.45, 7) is 3.97. The van der Waals surface area contributed by atoms with Gasteiger partial charge in [0.2, 0.25) is 0 Å². The van der Waals surface area contributed by atoms with E-state index in [1.165, 1.54) is 11.8 Å². The average molecular weight is 331 g/mol. The Kier molecular flexibility index (Phi) is 5.99. The second kappa shape index (κ2) is 8.40. The van der Waals surface area contributed by atoms with Crippen LogP contribution in [0.3, 0.4) is 0 Å². The minimum Gasteiger partial charge on any atom is -0.394 e. The third kappa shape index (κ3) is 4.42. The zero-order valence-electron chi connectivity index (χ0n) is 14.1. The Labute approximate surface area is 142 Å². The largest absolute Gasteiger partial charge is 0.394 e. The van der Waals surface area contributed by atoms with Gasteiger partial charge in [-0.15, -0.1) is 0 Å². The van der Waals surface area contributed by atoms with Crippen molar-refractivity contribution in [1.29, 1.82) is 0 Å². The third-order valence-electron chi connectivity index (χ3n) is 4.90. The molecule has 130 valence electrons. The maximum absolute atomic E-state index is 13.2. The number of aromatic nitrogens is 2. The van der Waals surface area contributed by atoms with Crippen LogP contribution in [0.15, 0.2) is 36.5 Å². The molecule has 4 nitrogen and oxygen atoms in total. The van der Waals surface area contributed by atoms with Crippen LogP contribution in [0.25, 0.3) is 0 Å². The fourth-order valence-electron chi connectivity index (χ4n) is 3.62. The van der Waals surface area contributed by atoms with Crippen molar-refractivity contribution in [2.45, 2.75) is 38.1 Å². The van der Waals surface area contributed by atoms with E-state index in [-0.39, 0.29) is 12.4 Å². The van der Waals surface area contributed by atoms with E-state index in [0.29, 0.717) is 12.5 Å². The molecule has 1 N–H and O–H groups in total. The van der Waals surface area contributed by atoms with E-state index in [4.69, 9.17) is 5.11 Å². The predicted molar refractivity (Wildman–Crippen MR) is 92.4 cm³/mol. The molecule has 3 rings (SSSR count). The number of benzene rings is 1. The number of piperidine rings is 1. The summed E-state index contributed by atoms with van der Waals surface area (Å²) in [5.74, 6) is 0.395. The number of hydrogen-bond donors (Lipinski definition) is 1. The van der Waals surface area contributed by atoms with Crippen molar-refractivity contribution in [1.82, 2.24) is 14.7 Å². The van der Waals surface area contributed by atoms with Crippen molar-refractivity contribution >= 4 is 0 Å².